The van der Waals surface area contributed by atoms with Crippen molar-refractivity contribution in [2.24, 2.45) is 11.8 Å². The van der Waals surface area contributed by atoms with Crippen LogP contribution in [0.15, 0.2) is 48.7 Å². The number of carbonyl (C=O) groups is 2. The quantitative estimate of drug-likeness (QED) is 0.224. The third-order valence-electron chi connectivity index (χ3n) is 13.1. The second-order valence-corrected chi connectivity index (χ2v) is 17.2. The van der Waals surface area contributed by atoms with Crippen LogP contribution in [-0.2, 0) is 27.8 Å². The van der Waals surface area contributed by atoms with E-state index < -0.39 is 11.5 Å². The van der Waals surface area contributed by atoms with Gasteiger partial charge in [0.15, 0.2) is 11.5 Å². The number of benzene rings is 2. The Morgan fingerprint density at radius 2 is 1.98 bits per heavy atom. The Hall–Kier alpha value is -4.02. The Balaban J connectivity index is 1.04. The van der Waals surface area contributed by atoms with E-state index in [9.17, 15) is 14.7 Å². The Kier molecular flexibility index (Phi) is 10.2. The number of aliphatic carboxylic acids is 1. The molecule has 5 aliphatic rings. The molecular formula is C43H53ClN4O6. The van der Waals surface area contributed by atoms with Gasteiger partial charge in [0, 0.05) is 54.8 Å². The van der Waals surface area contributed by atoms with Gasteiger partial charge in [0.1, 0.15) is 24.0 Å². The van der Waals surface area contributed by atoms with Crippen LogP contribution >= 0.6 is 11.6 Å². The number of likely N-dealkylation sites (N-methyl/N-ethyl adjacent to an activating group) is 1. The van der Waals surface area contributed by atoms with Crippen molar-refractivity contribution in [3.05, 3.63) is 76.1 Å². The number of hydrogen-bond acceptors (Lipinski definition) is 8. The fourth-order valence-corrected chi connectivity index (χ4v) is 10.2. The predicted octanol–water partition coefficient (Wildman–Crippen LogP) is 7.11. The fraction of sp³-hybridized carbons (Fsp3) is 0.558. The summed E-state index contributed by atoms with van der Waals surface area (Å²) in [7, 11) is 1.85. The van der Waals surface area contributed by atoms with E-state index in [2.05, 4.69) is 41.2 Å². The number of nitrogens with zero attached hydrogens (tertiary/aromatic N) is 3. The van der Waals surface area contributed by atoms with E-state index >= 15 is 0 Å². The Morgan fingerprint density at radius 3 is 2.76 bits per heavy atom. The number of aromatic nitrogens is 1. The SMILES string of the molecule is C[C@@H](COc1ccnc2c1[C@H](C)CCC2)CC1Cc2cc3c(cc2C12CCC(Nc1cccc(Cl)c1)(C(=O)O)CC2)OC(CN1CCN(C)C(=O)C1)CO3. The highest BCUT2D eigenvalue weighted by Gasteiger charge is 2.54. The molecule has 2 unspecified atom stereocenters. The second kappa shape index (κ2) is 14.9. The summed E-state index contributed by atoms with van der Waals surface area (Å²) < 4.78 is 19.6. The topological polar surface area (TPSA) is 113 Å². The molecular weight excluding hydrogens is 704 g/mol. The average Bonchev–Trinajstić information content (AvgIpc) is 3.42. The van der Waals surface area contributed by atoms with Crippen LogP contribution in [0.5, 0.6) is 17.2 Å². The molecule has 2 aliphatic heterocycles. The number of anilines is 1. The summed E-state index contributed by atoms with van der Waals surface area (Å²) in [5.41, 5.74) is 4.36. The molecule has 3 aliphatic carbocycles. The zero-order chi connectivity index (χ0) is 37.6. The third-order valence-corrected chi connectivity index (χ3v) is 13.3. The maximum atomic E-state index is 13.1. The van der Waals surface area contributed by atoms with Crippen LogP contribution < -0.4 is 19.5 Å². The lowest BCUT2D eigenvalue weighted by molar-refractivity contribution is -0.144. The predicted molar refractivity (Wildman–Crippen MR) is 208 cm³/mol. The molecule has 0 bridgehead atoms. The number of hydrogen-bond donors (Lipinski definition) is 2. The molecule has 0 radical (unpaired) electrons. The molecule has 10 nitrogen and oxygen atoms in total. The second-order valence-electron chi connectivity index (χ2n) is 16.8. The minimum atomic E-state index is -1.10. The zero-order valence-electron chi connectivity index (χ0n) is 31.7. The molecule has 4 atom stereocenters. The van der Waals surface area contributed by atoms with Crippen LogP contribution in [0.4, 0.5) is 5.69 Å². The van der Waals surface area contributed by atoms with Gasteiger partial charge in [-0.05, 0) is 128 Å². The summed E-state index contributed by atoms with van der Waals surface area (Å²) in [5, 5.41) is 14.7. The van der Waals surface area contributed by atoms with Crippen molar-refractivity contribution >= 4 is 29.2 Å². The number of fused-ring (bicyclic) bond motifs is 4. The largest absolute Gasteiger partial charge is 0.493 e. The molecule has 1 saturated heterocycles. The van der Waals surface area contributed by atoms with Crippen molar-refractivity contribution in [3.8, 4) is 17.2 Å². The van der Waals surface area contributed by atoms with Gasteiger partial charge in [0.05, 0.1) is 13.2 Å². The summed E-state index contributed by atoms with van der Waals surface area (Å²) >= 11 is 6.31. The van der Waals surface area contributed by atoms with E-state index in [1.165, 1.54) is 28.8 Å². The maximum Gasteiger partial charge on any atom is 0.329 e. The maximum absolute atomic E-state index is 13.1. The van der Waals surface area contributed by atoms with E-state index in [0.29, 0.717) is 62.5 Å². The molecule has 3 heterocycles. The lowest BCUT2D eigenvalue weighted by Crippen LogP contribution is -2.53. The molecule has 54 heavy (non-hydrogen) atoms. The van der Waals surface area contributed by atoms with Crippen LogP contribution in [0.2, 0.25) is 5.02 Å². The van der Waals surface area contributed by atoms with Gasteiger partial charge in [-0.3, -0.25) is 14.7 Å². The number of halogens is 1. The molecule has 2 aromatic carbocycles. The highest BCUT2D eigenvalue weighted by molar-refractivity contribution is 6.30. The monoisotopic (exact) mass is 756 g/mol. The number of pyridine rings is 1. The van der Waals surface area contributed by atoms with Crippen molar-refractivity contribution in [1.29, 1.82) is 0 Å². The number of aryl methyl sites for hydroxylation is 1. The van der Waals surface area contributed by atoms with Gasteiger partial charge in [0.2, 0.25) is 5.91 Å². The standard InChI is InChI=1S/C43H53ClN4O6/c1-27(25-52-36-10-15-45-35-9-4-6-28(2)40(35)36)18-30-19-29-20-37-38(54-33(26-53-37)23-48-17-16-47(3)39(49)24-48)22-34(29)42(30)11-13-43(14-12-42,41(50)51)46-32-8-5-7-31(44)21-32/h5,7-8,10,15,20-22,27-28,30,33,46H,4,6,9,11-14,16-19,23-26H2,1-3H3,(H,50,51)/t27-,28-,30?,33?,42?,43?/m1/s1. The number of carbonyl (C=O) groups excluding carboxylic acids is 1. The molecule has 1 amide bonds. The number of piperazine rings is 1. The molecule has 288 valence electrons. The van der Waals surface area contributed by atoms with Crippen molar-refractivity contribution in [3.63, 3.8) is 0 Å². The number of nitrogens with one attached hydrogen (secondary N) is 1. The van der Waals surface area contributed by atoms with Gasteiger partial charge >= 0.3 is 5.97 Å². The number of rotatable bonds is 10. The highest BCUT2D eigenvalue weighted by Crippen LogP contribution is 2.58. The molecule has 1 aromatic heterocycles. The normalized spacial score (nSPS) is 28.3. The summed E-state index contributed by atoms with van der Waals surface area (Å²) in [6, 6.07) is 13.7. The summed E-state index contributed by atoms with van der Waals surface area (Å²) in [6.07, 6.45) is 9.27. The summed E-state index contributed by atoms with van der Waals surface area (Å²) in [6.45, 7) is 8.13. The smallest absolute Gasteiger partial charge is 0.329 e. The molecule has 8 rings (SSSR count). The van der Waals surface area contributed by atoms with Crippen molar-refractivity contribution < 1.29 is 28.9 Å². The van der Waals surface area contributed by atoms with E-state index in [1.54, 1.807) is 17.0 Å². The zero-order valence-corrected chi connectivity index (χ0v) is 32.5. The van der Waals surface area contributed by atoms with Crippen LogP contribution in [0.25, 0.3) is 0 Å². The Labute approximate surface area is 323 Å². The van der Waals surface area contributed by atoms with Crippen LogP contribution in [0, 0.1) is 11.8 Å². The van der Waals surface area contributed by atoms with Gasteiger partial charge in [0.25, 0.3) is 0 Å². The van der Waals surface area contributed by atoms with Gasteiger partial charge in [-0.1, -0.05) is 31.5 Å². The first-order valence-electron chi connectivity index (χ1n) is 19.8. The molecule has 3 aromatic rings. The van der Waals surface area contributed by atoms with E-state index in [4.69, 9.17) is 25.8 Å². The van der Waals surface area contributed by atoms with Crippen LogP contribution in [0.1, 0.15) is 87.1 Å². The lowest BCUT2D eigenvalue weighted by Gasteiger charge is -2.47. The number of carboxylic acid groups (broad SMARTS) is 1. The van der Waals surface area contributed by atoms with Crippen molar-refractivity contribution in [1.82, 2.24) is 14.8 Å². The number of carboxylic acids is 1. The number of ether oxygens (including phenoxy) is 3. The van der Waals surface area contributed by atoms with Gasteiger partial charge in [-0.25, -0.2) is 4.79 Å². The lowest BCUT2D eigenvalue weighted by atomic mass is 9.59. The molecule has 1 saturated carbocycles. The van der Waals surface area contributed by atoms with Crippen molar-refractivity contribution in [2.45, 2.75) is 94.6 Å². The van der Waals surface area contributed by atoms with E-state index in [1.807, 2.05) is 31.4 Å². The average molecular weight is 757 g/mol. The number of amides is 1. The van der Waals surface area contributed by atoms with Crippen LogP contribution in [-0.4, -0.2) is 89.9 Å². The molecule has 1 spiro atoms. The van der Waals surface area contributed by atoms with Gasteiger partial charge < -0.3 is 29.5 Å². The first kappa shape index (κ1) is 36.9. The van der Waals surface area contributed by atoms with Gasteiger partial charge in [-0.2, -0.15) is 0 Å². The summed E-state index contributed by atoms with van der Waals surface area (Å²) in [5.74, 6) is 2.78. The Morgan fingerprint density at radius 1 is 1.15 bits per heavy atom. The highest BCUT2D eigenvalue weighted by atomic mass is 35.5. The minimum Gasteiger partial charge on any atom is -0.493 e. The first-order valence-corrected chi connectivity index (χ1v) is 20.2. The van der Waals surface area contributed by atoms with E-state index in [0.717, 1.165) is 68.0 Å². The Bertz CT molecular complexity index is 1900. The van der Waals surface area contributed by atoms with Gasteiger partial charge in [-0.15, -0.1) is 0 Å². The minimum absolute atomic E-state index is 0.123. The molecule has 2 N–H and O–H groups in total. The molecule has 11 heteroatoms. The summed E-state index contributed by atoms with van der Waals surface area (Å²) in [4.78, 5) is 34.1. The third kappa shape index (κ3) is 7.12. The first-order chi connectivity index (χ1) is 26.0. The van der Waals surface area contributed by atoms with E-state index in [-0.39, 0.29) is 23.3 Å². The van der Waals surface area contributed by atoms with Crippen LogP contribution in [0.3, 0.4) is 0 Å². The molecule has 2 fully saturated rings. The van der Waals surface area contributed by atoms with Crippen molar-refractivity contribution in [2.75, 3.05) is 51.8 Å². The fourth-order valence-electron chi connectivity index (χ4n) is 10.1.